The quantitative estimate of drug-likeness (QED) is 0.498. The van der Waals surface area contributed by atoms with Gasteiger partial charge in [-0.15, -0.1) is 0 Å². The predicted octanol–water partition coefficient (Wildman–Crippen LogP) is 0.115. The third-order valence-corrected chi connectivity index (χ3v) is 5.24. The molecule has 0 bridgehead atoms. The van der Waals surface area contributed by atoms with Gasteiger partial charge in [0.05, 0.1) is 0 Å². The molecule has 10 heteroatoms. The van der Waals surface area contributed by atoms with Gasteiger partial charge in [-0.3, -0.25) is 24.2 Å². The number of nitrogens with one attached hydrogen (secondary N) is 2. The number of nitrogens with zero attached hydrogens (tertiary/aromatic N) is 2. The van der Waals surface area contributed by atoms with Gasteiger partial charge in [-0.1, -0.05) is 12.8 Å². The predicted molar refractivity (Wildman–Crippen MR) is 91.3 cm³/mol. The molecule has 3 fully saturated rings. The molecule has 148 valence electrons. The van der Waals surface area contributed by atoms with Gasteiger partial charge in [0, 0.05) is 26.1 Å². The van der Waals surface area contributed by atoms with Crippen molar-refractivity contribution in [2.45, 2.75) is 57.1 Å². The monoisotopic (exact) mass is 380 g/mol. The summed E-state index contributed by atoms with van der Waals surface area (Å²) in [5, 5.41) is 5.29. The smallest absolute Gasteiger partial charge is 0.325 e. The van der Waals surface area contributed by atoms with Crippen molar-refractivity contribution in [3.05, 3.63) is 0 Å². The second-order valence-corrected chi connectivity index (χ2v) is 7.13. The van der Waals surface area contributed by atoms with Crippen molar-refractivity contribution in [3.8, 4) is 0 Å². The molecule has 10 nitrogen and oxygen atoms in total. The van der Waals surface area contributed by atoms with Gasteiger partial charge in [0.1, 0.15) is 5.54 Å². The summed E-state index contributed by atoms with van der Waals surface area (Å²) in [7, 11) is 0. The molecule has 1 saturated carbocycles. The average molecular weight is 380 g/mol. The molecular formula is C17H24N4O6. The molecule has 1 spiro atoms. The van der Waals surface area contributed by atoms with Crippen LogP contribution in [0.1, 0.15) is 45.4 Å². The van der Waals surface area contributed by atoms with E-state index in [0.29, 0.717) is 19.4 Å². The van der Waals surface area contributed by atoms with Crippen LogP contribution in [0.3, 0.4) is 0 Å². The molecule has 2 aliphatic heterocycles. The summed E-state index contributed by atoms with van der Waals surface area (Å²) in [5.74, 6) is -1.41. The Bertz CT molecular complexity index is 672. The second-order valence-electron chi connectivity index (χ2n) is 7.13. The molecule has 0 aromatic carbocycles. The van der Waals surface area contributed by atoms with Crippen LogP contribution in [0.5, 0.6) is 0 Å². The maximum Gasteiger partial charge on any atom is 0.325 e. The zero-order valence-electron chi connectivity index (χ0n) is 15.3. The van der Waals surface area contributed by atoms with Crippen LogP contribution >= 0.6 is 0 Å². The Labute approximate surface area is 156 Å². The summed E-state index contributed by atoms with van der Waals surface area (Å²) in [6, 6.07) is -0.916. The zero-order valence-corrected chi connectivity index (χ0v) is 15.3. The van der Waals surface area contributed by atoms with Gasteiger partial charge >= 0.3 is 18.0 Å². The number of rotatable bonds is 6. The van der Waals surface area contributed by atoms with E-state index >= 15 is 0 Å². The molecule has 2 N–H and O–H groups in total. The Morgan fingerprint density at radius 1 is 1.19 bits per heavy atom. The van der Waals surface area contributed by atoms with E-state index in [-0.39, 0.29) is 31.8 Å². The van der Waals surface area contributed by atoms with E-state index in [1.807, 2.05) is 0 Å². The van der Waals surface area contributed by atoms with Crippen LogP contribution in [0.15, 0.2) is 0 Å². The summed E-state index contributed by atoms with van der Waals surface area (Å²) in [6.45, 7) is 2.15. The first kappa shape index (κ1) is 19.1. The van der Waals surface area contributed by atoms with Crippen LogP contribution in [0, 0.1) is 0 Å². The van der Waals surface area contributed by atoms with E-state index in [1.54, 1.807) is 0 Å². The summed E-state index contributed by atoms with van der Waals surface area (Å²) in [6.07, 6.45) is 2.27. The fourth-order valence-electron chi connectivity index (χ4n) is 3.79. The molecule has 2 saturated heterocycles. The Morgan fingerprint density at radius 2 is 1.89 bits per heavy atom. The SMILES string of the molecule is C[C@@H](OC(=O)CCCN1C(=O)NC2(CCCC2)C1=O)C(=O)N1CCNC1=O. The summed E-state index contributed by atoms with van der Waals surface area (Å²) < 4.78 is 5.07. The molecule has 6 amide bonds. The number of hydrogen-bond acceptors (Lipinski definition) is 6. The molecule has 1 atom stereocenters. The van der Waals surface area contributed by atoms with Gasteiger partial charge < -0.3 is 15.4 Å². The fourth-order valence-corrected chi connectivity index (χ4v) is 3.79. The van der Waals surface area contributed by atoms with Crippen LogP contribution in [0.2, 0.25) is 0 Å². The van der Waals surface area contributed by atoms with E-state index in [9.17, 15) is 24.0 Å². The third-order valence-electron chi connectivity index (χ3n) is 5.24. The first-order valence-electron chi connectivity index (χ1n) is 9.27. The number of imide groups is 2. The van der Waals surface area contributed by atoms with Gasteiger partial charge in [-0.2, -0.15) is 0 Å². The second kappa shape index (κ2) is 7.53. The van der Waals surface area contributed by atoms with E-state index in [4.69, 9.17) is 4.74 Å². The maximum atomic E-state index is 12.5. The van der Waals surface area contributed by atoms with Gasteiger partial charge in [0.25, 0.3) is 11.8 Å². The van der Waals surface area contributed by atoms with Gasteiger partial charge in [-0.25, -0.2) is 9.59 Å². The Morgan fingerprint density at radius 3 is 2.52 bits per heavy atom. The minimum absolute atomic E-state index is 0.0339. The molecule has 27 heavy (non-hydrogen) atoms. The highest BCUT2D eigenvalue weighted by Crippen LogP contribution is 2.35. The van der Waals surface area contributed by atoms with E-state index < -0.39 is 35.6 Å². The van der Waals surface area contributed by atoms with Gasteiger partial charge in [0.15, 0.2) is 6.10 Å². The topological polar surface area (TPSA) is 125 Å². The van der Waals surface area contributed by atoms with Crippen molar-refractivity contribution in [1.82, 2.24) is 20.4 Å². The standard InChI is InChI=1S/C17H24N4O6/c1-11(13(23)20-10-8-18-15(20)25)27-12(22)5-4-9-21-14(24)17(19-16(21)26)6-2-3-7-17/h11H,2-10H2,1H3,(H,18,25)(H,19,26)/t11-/m1/s1. The highest BCUT2D eigenvalue weighted by molar-refractivity contribution is 6.07. The van der Waals surface area contributed by atoms with E-state index in [0.717, 1.165) is 22.6 Å². The molecule has 3 aliphatic rings. The zero-order chi connectivity index (χ0) is 19.6. The van der Waals surface area contributed by atoms with Crippen molar-refractivity contribution >= 4 is 29.8 Å². The third kappa shape index (κ3) is 3.74. The normalized spacial score (nSPS) is 22.2. The van der Waals surface area contributed by atoms with Crippen LogP contribution in [0.25, 0.3) is 0 Å². The lowest BCUT2D eigenvalue weighted by atomic mass is 9.98. The Balaban J connectivity index is 1.43. The number of carbonyl (C=O) groups excluding carboxylic acids is 5. The summed E-state index contributed by atoms with van der Waals surface area (Å²) in [4.78, 5) is 62.2. The first-order valence-corrected chi connectivity index (χ1v) is 9.27. The highest BCUT2D eigenvalue weighted by Gasteiger charge is 2.52. The lowest BCUT2D eigenvalue weighted by Crippen LogP contribution is -2.44. The highest BCUT2D eigenvalue weighted by atomic mass is 16.5. The van der Waals surface area contributed by atoms with Crippen LogP contribution in [-0.4, -0.2) is 70.9 Å². The Hall–Kier alpha value is -2.65. The molecule has 3 rings (SSSR count). The number of urea groups is 2. The van der Waals surface area contributed by atoms with Crippen LogP contribution in [0.4, 0.5) is 9.59 Å². The van der Waals surface area contributed by atoms with E-state index in [1.165, 1.54) is 6.92 Å². The largest absolute Gasteiger partial charge is 0.453 e. The molecule has 0 aromatic rings. The molecule has 1 aliphatic carbocycles. The molecular weight excluding hydrogens is 356 g/mol. The number of esters is 1. The van der Waals surface area contributed by atoms with Crippen molar-refractivity contribution in [1.29, 1.82) is 0 Å². The van der Waals surface area contributed by atoms with Gasteiger partial charge in [-0.05, 0) is 26.2 Å². The lowest BCUT2D eigenvalue weighted by molar-refractivity contribution is -0.157. The Kier molecular flexibility index (Phi) is 5.33. The van der Waals surface area contributed by atoms with Crippen molar-refractivity contribution in [3.63, 3.8) is 0 Å². The number of ether oxygens (including phenoxy) is 1. The molecule has 0 unspecified atom stereocenters. The number of carbonyl (C=O) groups is 5. The van der Waals surface area contributed by atoms with Crippen molar-refractivity contribution < 1.29 is 28.7 Å². The minimum Gasteiger partial charge on any atom is -0.453 e. The number of hydrogen-bond donors (Lipinski definition) is 2. The molecule has 0 radical (unpaired) electrons. The van der Waals surface area contributed by atoms with Crippen LogP contribution in [-0.2, 0) is 19.1 Å². The van der Waals surface area contributed by atoms with Crippen molar-refractivity contribution in [2.24, 2.45) is 0 Å². The minimum atomic E-state index is -1.07. The molecule has 0 aromatic heterocycles. The summed E-state index contributed by atoms with van der Waals surface area (Å²) >= 11 is 0. The van der Waals surface area contributed by atoms with Crippen molar-refractivity contribution in [2.75, 3.05) is 19.6 Å². The van der Waals surface area contributed by atoms with Crippen LogP contribution < -0.4 is 10.6 Å². The maximum absolute atomic E-state index is 12.5. The molecule has 2 heterocycles. The fraction of sp³-hybridized carbons (Fsp3) is 0.706. The average Bonchev–Trinajstić information content (AvgIpc) is 3.31. The van der Waals surface area contributed by atoms with E-state index in [2.05, 4.69) is 10.6 Å². The number of amides is 6. The van der Waals surface area contributed by atoms with Gasteiger partial charge in [0.2, 0.25) is 0 Å². The first-order chi connectivity index (χ1) is 12.8. The lowest BCUT2D eigenvalue weighted by Gasteiger charge is -2.20. The summed E-state index contributed by atoms with van der Waals surface area (Å²) in [5.41, 5.74) is -0.755.